The van der Waals surface area contributed by atoms with Crippen molar-refractivity contribution in [2.75, 3.05) is 25.5 Å². The first-order valence-corrected chi connectivity index (χ1v) is 8.97. The Balaban J connectivity index is 1.81. The number of benzene rings is 1. The number of carbonyl (C=O) groups excluding carboxylic acids is 2. The summed E-state index contributed by atoms with van der Waals surface area (Å²) in [5.74, 6) is -0.548. The zero-order valence-corrected chi connectivity index (χ0v) is 14.9. The highest BCUT2D eigenvalue weighted by Gasteiger charge is 2.27. The molecular weight excluding hydrogens is 318 g/mol. The molecule has 2 heterocycles. The van der Waals surface area contributed by atoms with Crippen molar-refractivity contribution in [3.63, 3.8) is 0 Å². The number of aromatic nitrogens is 1. The van der Waals surface area contributed by atoms with Crippen LogP contribution in [0.4, 0.5) is 5.69 Å². The first-order valence-electron chi connectivity index (χ1n) is 8.97. The van der Waals surface area contributed by atoms with E-state index < -0.39 is 5.97 Å². The predicted octanol–water partition coefficient (Wildman–Crippen LogP) is 1.74. The molecule has 25 heavy (non-hydrogen) atoms. The van der Waals surface area contributed by atoms with Gasteiger partial charge in [-0.25, -0.2) is 4.79 Å². The minimum atomic E-state index is -0.483. The molecule has 1 aromatic carbocycles. The summed E-state index contributed by atoms with van der Waals surface area (Å²) >= 11 is 0. The van der Waals surface area contributed by atoms with Gasteiger partial charge < -0.3 is 19.9 Å². The second-order valence-corrected chi connectivity index (χ2v) is 6.65. The van der Waals surface area contributed by atoms with Crippen LogP contribution in [0.5, 0.6) is 0 Å². The number of para-hydroxylation sites is 1. The van der Waals surface area contributed by atoms with Crippen LogP contribution in [0.25, 0.3) is 10.9 Å². The third-order valence-electron chi connectivity index (χ3n) is 5.12. The van der Waals surface area contributed by atoms with Crippen molar-refractivity contribution in [3.8, 4) is 0 Å². The lowest BCUT2D eigenvalue weighted by molar-refractivity contribution is -0.923. The number of quaternary nitrogens is 1. The van der Waals surface area contributed by atoms with E-state index in [4.69, 9.17) is 4.74 Å². The summed E-state index contributed by atoms with van der Waals surface area (Å²) in [5, 5.41) is 3.77. The van der Waals surface area contributed by atoms with Crippen LogP contribution >= 0.6 is 0 Å². The van der Waals surface area contributed by atoms with Crippen LogP contribution < -0.4 is 10.2 Å². The van der Waals surface area contributed by atoms with Crippen LogP contribution in [0.1, 0.15) is 43.1 Å². The molecule has 6 nitrogen and oxygen atoms in total. The summed E-state index contributed by atoms with van der Waals surface area (Å²) in [4.78, 5) is 29.1. The number of likely N-dealkylation sites (tertiary alicyclic amines) is 1. The molecule has 0 radical (unpaired) electrons. The highest BCUT2D eigenvalue weighted by atomic mass is 16.5. The molecule has 1 amide bonds. The largest absolute Gasteiger partial charge is 0.464 e. The number of amides is 1. The summed E-state index contributed by atoms with van der Waals surface area (Å²) in [7, 11) is 1.34. The Labute approximate surface area is 147 Å². The SMILES string of the molecule is CC[C@H]1CCCC[NH+]1CC(=O)Nc1c(C(=O)OC)[nH]c2ccccc12. The lowest BCUT2D eigenvalue weighted by Crippen LogP contribution is -3.17. The Morgan fingerprint density at radius 1 is 1.32 bits per heavy atom. The molecular formula is C19H26N3O3+. The van der Waals surface area contributed by atoms with Crippen LogP contribution in [0.3, 0.4) is 0 Å². The third kappa shape index (κ3) is 3.69. The predicted molar refractivity (Wildman–Crippen MR) is 96.9 cm³/mol. The molecule has 0 spiro atoms. The maximum absolute atomic E-state index is 12.6. The van der Waals surface area contributed by atoms with E-state index in [0.717, 1.165) is 23.9 Å². The zero-order chi connectivity index (χ0) is 17.8. The first-order chi connectivity index (χ1) is 12.1. The fourth-order valence-electron chi connectivity index (χ4n) is 3.79. The summed E-state index contributed by atoms with van der Waals surface area (Å²) < 4.78 is 4.85. The second kappa shape index (κ2) is 7.70. The molecule has 6 heteroatoms. The Kier molecular flexibility index (Phi) is 5.38. The van der Waals surface area contributed by atoms with Gasteiger partial charge in [-0.15, -0.1) is 0 Å². The maximum atomic E-state index is 12.6. The van der Waals surface area contributed by atoms with Crippen molar-refractivity contribution in [2.24, 2.45) is 0 Å². The van der Waals surface area contributed by atoms with Crippen LogP contribution in [0.2, 0.25) is 0 Å². The quantitative estimate of drug-likeness (QED) is 0.723. The molecule has 0 saturated carbocycles. The van der Waals surface area contributed by atoms with E-state index in [-0.39, 0.29) is 11.6 Å². The molecule has 3 rings (SSSR count). The monoisotopic (exact) mass is 344 g/mol. The van der Waals surface area contributed by atoms with Gasteiger partial charge in [-0.2, -0.15) is 0 Å². The number of nitrogens with one attached hydrogen (secondary N) is 3. The van der Waals surface area contributed by atoms with Crippen LogP contribution in [0, 0.1) is 0 Å². The number of hydrogen-bond acceptors (Lipinski definition) is 3. The number of methoxy groups -OCH3 is 1. The molecule has 1 aliphatic heterocycles. The first kappa shape index (κ1) is 17.5. The Hall–Kier alpha value is -2.34. The van der Waals surface area contributed by atoms with Crippen LogP contribution in [-0.4, -0.2) is 43.1 Å². The number of carbonyl (C=O) groups is 2. The molecule has 3 N–H and O–H groups in total. The summed E-state index contributed by atoms with van der Waals surface area (Å²) in [6.45, 7) is 3.64. The van der Waals surface area contributed by atoms with E-state index >= 15 is 0 Å². The van der Waals surface area contributed by atoms with Crippen LogP contribution in [0.15, 0.2) is 24.3 Å². The third-order valence-corrected chi connectivity index (χ3v) is 5.12. The number of fused-ring (bicyclic) bond motifs is 1. The Bertz CT molecular complexity index is 768. The van der Waals surface area contributed by atoms with Gasteiger partial charge in [0, 0.05) is 10.9 Å². The summed E-state index contributed by atoms with van der Waals surface area (Å²) in [6.07, 6.45) is 4.68. The second-order valence-electron chi connectivity index (χ2n) is 6.65. The van der Waals surface area contributed by atoms with E-state index in [1.807, 2.05) is 24.3 Å². The normalized spacial score (nSPS) is 20.4. The molecule has 1 fully saturated rings. The number of aromatic amines is 1. The van der Waals surface area contributed by atoms with Gasteiger partial charge in [0.2, 0.25) is 0 Å². The van der Waals surface area contributed by atoms with Gasteiger partial charge in [0.25, 0.3) is 5.91 Å². The van der Waals surface area contributed by atoms with Gasteiger partial charge in [0.1, 0.15) is 5.69 Å². The van der Waals surface area contributed by atoms with E-state index in [1.54, 1.807) is 0 Å². The minimum Gasteiger partial charge on any atom is -0.464 e. The fraction of sp³-hybridized carbons (Fsp3) is 0.474. The van der Waals surface area contributed by atoms with Gasteiger partial charge in [-0.05, 0) is 31.7 Å². The van der Waals surface area contributed by atoms with Crippen LogP contribution in [-0.2, 0) is 9.53 Å². The highest BCUT2D eigenvalue weighted by molar-refractivity contribution is 6.11. The lowest BCUT2D eigenvalue weighted by atomic mass is 10.00. The topological polar surface area (TPSA) is 75.6 Å². The van der Waals surface area contributed by atoms with E-state index in [2.05, 4.69) is 17.2 Å². The van der Waals surface area contributed by atoms with Crippen molar-refractivity contribution in [1.29, 1.82) is 0 Å². The number of piperidine rings is 1. The Morgan fingerprint density at radius 2 is 2.12 bits per heavy atom. The van der Waals surface area contributed by atoms with E-state index in [1.165, 1.54) is 31.3 Å². The van der Waals surface area contributed by atoms with Gasteiger partial charge in [0.05, 0.1) is 25.4 Å². The standard InChI is InChI=1S/C19H25N3O3/c1-3-13-8-6-7-11-22(13)12-16(23)21-17-14-9-4-5-10-15(14)20-18(17)19(24)25-2/h4-5,9-10,13,20H,3,6-8,11-12H2,1-2H3,(H,21,23)/p+1/t13-/m0/s1. The van der Waals surface area contributed by atoms with E-state index in [9.17, 15) is 9.59 Å². The van der Waals surface area contributed by atoms with Gasteiger partial charge in [-0.1, -0.05) is 25.1 Å². The van der Waals surface area contributed by atoms with Crippen molar-refractivity contribution in [3.05, 3.63) is 30.0 Å². The smallest absolute Gasteiger partial charge is 0.356 e. The van der Waals surface area contributed by atoms with E-state index in [0.29, 0.717) is 18.3 Å². The fourth-order valence-corrected chi connectivity index (χ4v) is 3.79. The molecule has 134 valence electrons. The molecule has 2 atom stereocenters. The van der Waals surface area contributed by atoms with Gasteiger partial charge in [-0.3, -0.25) is 4.79 Å². The van der Waals surface area contributed by atoms with Crippen molar-refractivity contribution in [1.82, 2.24) is 4.98 Å². The van der Waals surface area contributed by atoms with Crippen molar-refractivity contribution < 1.29 is 19.2 Å². The highest BCUT2D eigenvalue weighted by Crippen LogP contribution is 2.28. The summed E-state index contributed by atoms with van der Waals surface area (Å²) in [5.41, 5.74) is 1.60. The molecule has 1 aromatic heterocycles. The molecule has 2 aromatic rings. The maximum Gasteiger partial charge on any atom is 0.356 e. The summed E-state index contributed by atoms with van der Waals surface area (Å²) in [6, 6.07) is 8.07. The van der Waals surface area contributed by atoms with Crippen molar-refractivity contribution >= 4 is 28.5 Å². The number of H-pyrrole nitrogens is 1. The average Bonchev–Trinajstić information content (AvgIpc) is 3.00. The number of hydrogen-bond donors (Lipinski definition) is 3. The lowest BCUT2D eigenvalue weighted by Gasteiger charge is -2.31. The molecule has 0 bridgehead atoms. The molecule has 1 saturated heterocycles. The average molecular weight is 344 g/mol. The zero-order valence-electron chi connectivity index (χ0n) is 14.9. The number of rotatable bonds is 5. The molecule has 1 unspecified atom stereocenters. The molecule has 1 aliphatic rings. The van der Waals surface area contributed by atoms with Gasteiger partial charge in [0.15, 0.2) is 6.54 Å². The minimum absolute atomic E-state index is 0.0646. The Morgan fingerprint density at radius 3 is 2.88 bits per heavy atom. The number of esters is 1. The molecule has 0 aliphatic carbocycles. The number of anilines is 1. The van der Waals surface area contributed by atoms with Crippen molar-refractivity contribution in [2.45, 2.75) is 38.6 Å². The van der Waals surface area contributed by atoms with Gasteiger partial charge >= 0.3 is 5.97 Å². The number of ether oxygens (including phenoxy) is 1.